The number of amidine groups is 1. The predicted octanol–water partition coefficient (Wildman–Crippen LogP) is 4.13. The van der Waals surface area contributed by atoms with Gasteiger partial charge in [0.15, 0.2) is 5.17 Å². The molecule has 178 valence electrons. The number of benzene rings is 2. The predicted molar refractivity (Wildman–Crippen MR) is 136 cm³/mol. The van der Waals surface area contributed by atoms with Gasteiger partial charge in [-0.1, -0.05) is 35.5 Å². The topological polar surface area (TPSA) is 90.9 Å². The van der Waals surface area contributed by atoms with Crippen LogP contribution in [0.3, 0.4) is 0 Å². The van der Waals surface area contributed by atoms with Gasteiger partial charge in [0.2, 0.25) is 5.91 Å². The lowest BCUT2D eigenvalue weighted by atomic mass is 10.1. The first-order chi connectivity index (χ1) is 16.5. The number of nitrogens with zero attached hydrogens (tertiary/aromatic N) is 2. The molecule has 2 N–H and O–H groups in total. The van der Waals surface area contributed by atoms with Crippen LogP contribution in [-0.4, -0.2) is 52.7 Å². The maximum atomic E-state index is 12.5. The zero-order chi connectivity index (χ0) is 23.9. The fraction of sp³-hybridized carbons (Fsp3) is 0.360. The number of hydrogen-bond acceptors (Lipinski definition) is 5. The first kappa shape index (κ1) is 24.3. The van der Waals surface area contributed by atoms with Gasteiger partial charge in [-0.05, 0) is 67.6 Å². The molecule has 0 aliphatic carbocycles. The second-order valence-corrected chi connectivity index (χ2v) is 9.96. The lowest BCUT2D eigenvalue weighted by Gasteiger charge is -2.27. The Labute approximate surface area is 208 Å². The van der Waals surface area contributed by atoms with Crippen molar-refractivity contribution in [1.29, 1.82) is 0 Å². The van der Waals surface area contributed by atoms with Gasteiger partial charge in [-0.3, -0.25) is 14.4 Å². The van der Waals surface area contributed by atoms with Gasteiger partial charge in [0.1, 0.15) is 5.25 Å². The molecular weight excluding hydrogens is 472 g/mol. The largest absolute Gasteiger partial charge is 0.352 e. The molecule has 0 radical (unpaired) electrons. The summed E-state index contributed by atoms with van der Waals surface area (Å²) < 4.78 is 0. The number of likely N-dealkylation sites (tertiary alicyclic amines) is 1. The Balaban J connectivity index is 1.22. The van der Waals surface area contributed by atoms with E-state index in [1.165, 1.54) is 18.2 Å². The summed E-state index contributed by atoms with van der Waals surface area (Å²) in [6, 6.07) is 14.2. The Hall–Kier alpha value is -2.84. The fourth-order valence-electron chi connectivity index (χ4n) is 3.93. The van der Waals surface area contributed by atoms with Crippen LogP contribution in [0.25, 0.3) is 0 Å². The number of hydrogen-bond donors (Lipinski definition) is 2. The van der Waals surface area contributed by atoms with E-state index >= 15 is 0 Å². The van der Waals surface area contributed by atoms with Gasteiger partial charge in [0.05, 0.1) is 0 Å². The number of piperidine rings is 1. The summed E-state index contributed by atoms with van der Waals surface area (Å²) in [6.07, 6.45) is 4.17. The van der Waals surface area contributed by atoms with Crippen molar-refractivity contribution in [3.63, 3.8) is 0 Å². The molecule has 1 unspecified atom stereocenters. The molecule has 2 aliphatic heterocycles. The highest BCUT2D eigenvalue weighted by Crippen LogP contribution is 2.29. The first-order valence-electron chi connectivity index (χ1n) is 11.4. The minimum Gasteiger partial charge on any atom is -0.352 e. The van der Waals surface area contributed by atoms with Crippen LogP contribution >= 0.6 is 23.4 Å². The summed E-state index contributed by atoms with van der Waals surface area (Å²) in [5, 5.41) is 6.62. The van der Waals surface area contributed by atoms with E-state index in [-0.39, 0.29) is 24.1 Å². The molecule has 0 spiro atoms. The number of amides is 3. The number of thioether (sulfide) groups is 1. The van der Waals surface area contributed by atoms with E-state index in [4.69, 9.17) is 11.6 Å². The van der Waals surface area contributed by atoms with Crippen LogP contribution in [0.15, 0.2) is 53.5 Å². The third kappa shape index (κ3) is 6.61. The van der Waals surface area contributed by atoms with Gasteiger partial charge < -0.3 is 15.5 Å². The molecule has 34 heavy (non-hydrogen) atoms. The standard InChI is InChI=1S/C25H27ClN4O3S/c26-19-6-4-5-17(15-19)11-12-27-23(32)18-7-9-20(10-8-18)28-22(31)16-21-24(33)29-25(34-21)30-13-2-1-3-14-30/h4-10,15,21H,1-3,11-14,16H2,(H,27,32)(H,28,31). The molecule has 2 aromatic rings. The summed E-state index contributed by atoms with van der Waals surface area (Å²) >= 11 is 7.37. The SMILES string of the molecule is O=C(CC1SC(N2CCCCC2)=NC1=O)Nc1ccc(C(=O)NCCc2cccc(Cl)c2)cc1. The third-order valence-corrected chi connectivity index (χ3v) is 7.19. The minimum absolute atomic E-state index is 0.0656. The van der Waals surface area contributed by atoms with E-state index in [9.17, 15) is 14.4 Å². The molecule has 9 heteroatoms. The van der Waals surface area contributed by atoms with Crippen LogP contribution in [0.5, 0.6) is 0 Å². The van der Waals surface area contributed by atoms with Gasteiger partial charge in [0, 0.05) is 42.3 Å². The highest BCUT2D eigenvalue weighted by molar-refractivity contribution is 8.15. The Kier molecular flexibility index (Phi) is 8.24. The molecule has 2 heterocycles. The van der Waals surface area contributed by atoms with Crippen LogP contribution in [0.2, 0.25) is 5.02 Å². The number of aliphatic imine (C=N–C) groups is 1. The first-order valence-corrected chi connectivity index (χ1v) is 12.7. The minimum atomic E-state index is -0.485. The van der Waals surface area contributed by atoms with E-state index in [1.54, 1.807) is 24.3 Å². The Bertz CT molecular complexity index is 1080. The average molecular weight is 499 g/mol. The summed E-state index contributed by atoms with van der Waals surface area (Å²) in [6.45, 7) is 2.32. The molecule has 2 aromatic carbocycles. The Morgan fingerprint density at radius 1 is 1.09 bits per heavy atom. The monoisotopic (exact) mass is 498 g/mol. The van der Waals surface area contributed by atoms with Crippen molar-refractivity contribution in [2.24, 2.45) is 4.99 Å². The lowest BCUT2D eigenvalue weighted by molar-refractivity contribution is -0.121. The zero-order valence-electron chi connectivity index (χ0n) is 18.8. The van der Waals surface area contributed by atoms with Crippen LogP contribution in [-0.2, 0) is 16.0 Å². The van der Waals surface area contributed by atoms with E-state index in [0.29, 0.717) is 29.2 Å². The third-order valence-electron chi connectivity index (χ3n) is 5.75. The van der Waals surface area contributed by atoms with Crippen LogP contribution in [0.4, 0.5) is 5.69 Å². The Morgan fingerprint density at radius 3 is 2.59 bits per heavy atom. The van der Waals surface area contributed by atoms with Crippen molar-refractivity contribution in [1.82, 2.24) is 10.2 Å². The smallest absolute Gasteiger partial charge is 0.262 e. The average Bonchev–Trinajstić information content (AvgIpc) is 3.20. The van der Waals surface area contributed by atoms with Crippen molar-refractivity contribution in [3.8, 4) is 0 Å². The van der Waals surface area contributed by atoms with E-state index in [1.807, 2.05) is 24.3 Å². The summed E-state index contributed by atoms with van der Waals surface area (Å²) in [5.74, 6) is -0.680. The molecule has 4 rings (SSSR count). The van der Waals surface area contributed by atoms with E-state index < -0.39 is 5.25 Å². The molecule has 1 atom stereocenters. The molecule has 7 nitrogen and oxygen atoms in total. The van der Waals surface area contributed by atoms with E-state index in [2.05, 4.69) is 20.5 Å². The quantitative estimate of drug-likeness (QED) is 0.599. The molecule has 2 aliphatic rings. The number of rotatable bonds is 7. The van der Waals surface area contributed by atoms with Gasteiger partial charge in [-0.15, -0.1) is 0 Å². The lowest BCUT2D eigenvalue weighted by Crippen LogP contribution is -2.33. The molecule has 0 aromatic heterocycles. The summed E-state index contributed by atoms with van der Waals surface area (Å²) in [7, 11) is 0. The maximum Gasteiger partial charge on any atom is 0.262 e. The van der Waals surface area contributed by atoms with Crippen molar-refractivity contribution in [3.05, 3.63) is 64.7 Å². The molecule has 3 amide bonds. The Morgan fingerprint density at radius 2 is 1.85 bits per heavy atom. The highest BCUT2D eigenvalue weighted by Gasteiger charge is 2.33. The van der Waals surface area contributed by atoms with Gasteiger partial charge in [0.25, 0.3) is 11.8 Å². The number of carbonyl (C=O) groups excluding carboxylic acids is 3. The second-order valence-electron chi connectivity index (χ2n) is 8.35. The molecule has 0 bridgehead atoms. The summed E-state index contributed by atoms with van der Waals surface area (Å²) in [4.78, 5) is 43.4. The second kappa shape index (κ2) is 11.5. The number of carbonyl (C=O) groups is 3. The van der Waals surface area contributed by atoms with Crippen LogP contribution in [0.1, 0.15) is 41.6 Å². The van der Waals surface area contributed by atoms with Gasteiger partial charge in [-0.2, -0.15) is 4.99 Å². The number of nitrogens with one attached hydrogen (secondary N) is 2. The van der Waals surface area contributed by atoms with Crippen molar-refractivity contribution in [2.75, 3.05) is 25.0 Å². The van der Waals surface area contributed by atoms with Crippen molar-refractivity contribution >= 4 is 51.9 Å². The van der Waals surface area contributed by atoms with Gasteiger partial charge >= 0.3 is 0 Å². The zero-order valence-corrected chi connectivity index (χ0v) is 20.3. The molecule has 1 fully saturated rings. The molecular formula is C25H27ClN4O3S. The number of anilines is 1. The van der Waals surface area contributed by atoms with Crippen LogP contribution in [0, 0.1) is 0 Å². The van der Waals surface area contributed by atoms with Gasteiger partial charge in [-0.25, -0.2) is 0 Å². The van der Waals surface area contributed by atoms with Crippen LogP contribution < -0.4 is 10.6 Å². The van der Waals surface area contributed by atoms with E-state index in [0.717, 1.165) is 36.7 Å². The maximum absolute atomic E-state index is 12.5. The normalized spacial score (nSPS) is 17.9. The number of halogens is 1. The van der Waals surface area contributed by atoms with Crippen molar-refractivity contribution in [2.45, 2.75) is 37.4 Å². The highest BCUT2D eigenvalue weighted by atomic mass is 35.5. The molecule has 0 saturated carbocycles. The fourth-order valence-corrected chi connectivity index (χ4v) is 5.26. The summed E-state index contributed by atoms with van der Waals surface area (Å²) in [5.41, 5.74) is 2.14. The molecule has 1 saturated heterocycles. The van der Waals surface area contributed by atoms with Crippen molar-refractivity contribution < 1.29 is 14.4 Å².